The summed E-state index contributed by atoms with van der Waals surface area (Å²) in [7, 11) is 0. The zero-order valence-corrected chi connectivity index (χ0v) is 17.6. The van der Waals surface area contributed by atoms with Gasteiger partial charge in [0.1, 0.15) is 5.69 Å². The summed E-state index contributed by atoms with van der Waals surface area (Å²) < 4.78 is 1.95. The second kappa shape index (κ2) is 11.0. The van der Waals surface area contributed by atoms with E-state index < -0.39 is 0 Å². The summed E-state index contributed by atoms with van der Waals surface area (Å²) in [4.78, 5) is 15.0. The Balaban J connectivity index is 0.00000261. The Hall–Kier alpha value is -1.11. The molecule has 1 atom stereocenters. The van der Waals surface area contributed by atoms with E-state index in [1.807, 2.05) is 16.9 Å². The third-order valence-corrected chi connectivity index (χ3v) is 5.77. The van der Waals surface area contributed by atoms with Crippen molar-refractivity contribution in [1.29, 1.82) is 0 Å². The van der Waals surface area contributed by atoms with Gasteiger partial charge in [0.2, 0.25) is 0 Å². The minimum atomic E-state index is -0.0326. The highest BCUT2D eigenvalue weighted by molar-refractivity contribution is 5.92. The van der Waals surface area contributed by atoms with Gasteiger partial charge in [-0.25, -0.2) is 0 Å². The van der Waals surface area contributed by atoms with Gasteiger partial charge in [0.15, 0.2) is 0 Å². The van der Waals surface area contributed by atoms with Crippen LogP contribution in [0.15, 0.2) is 12.3 Å². The van der Waals surface area contributed by atoms with Crippen LogP contribution < -0.4 is 10.6 Å². The van der Waals surface area contributed by atoms with E-state index in [-0.39, 0.29) is 18.3 Å². The molecule has 1 amide bonds. The number of likely N-dealkylation sites (tertiary alicyclic amines) is 1. The molecule has 2 aliphatic heterocycles. The Labute approximate surface area is 169 Å². The van der Waals surface area contributed by atoms with Crippen molar-refractivity contribution >= 4 is 18.3 Å². The van der Waals surface area contributed by atoms with Crippen molar-refractivity contribution in [3.05, 3.63) is 18.0 Å². The average molecular weight is 398 g/mol. The zero-order valence-electron chi connectivity index (χ0n) is 16.8. The normalized spacial score (nSPS) is 21.8. The predicted molar refractivity (Wildman–Crippen MR) is 112 cm³/mol. The Kier molecular flexibility index (Phi) is 9.06. The van der Waals surface area contributed by atoms with Gasteiger partial charge in [-0.3, -0.25) is 9.48 Å². The fraction of sp³-hybridized carbons (Fsp3) is 0.800. The lowest BCUT2D eigenvalue weighted by atomic mass is 9.96. The fourth-order valence-corrected chi connectivity index (χ4v) is 3.90. The van der Waals surface area contributed by atoms with Crippen LogP contribution in [0.4, 0.5) is 0 Å². The van der Waals surface area contributed by atoms with E-state index in [4.69, 9.17) is 0 Å². The molecule has 6 nitrogen and oxygen atoms in total. The molecule has 1 aromatic heterocycles. The minimum absolute atomic E-state index is 0. The minimum Gasteiger partial charge on any atom is -0.350 e. The van der Waals surface area contributed by atoms with Crippen LogP contribution in [0.1, 0.15) is 62.5 Å². The molecule has 0 aliphatic carbocycles. The zero-order chi connectivity index (χ0) is 18.4. The lowest BCUT2D eigenvalue weighted by molar-refractivity contribution is 0.0929. The highest BCUT2D eigenvalue weighted by atomic mass is 35.5. The molecule has 0 aromatic carbocycles. The molecule has 1 unspecified atom stereocenters. The van der Waals surface area contributed by atoms with E-state index in [0.29, 0.717) is 17.7 Å². The van der Waals surface area contributed by atoms with Crippen molar-refractivity contribution in [2.45, 2.75) is 52.0 Å². The summed E-state index contributed by atoms with van der Waals surface area (Å²) in [5.41, 5.74) is 0.546. The van der Waals surface area contributed by atoms with Crippen molar-refractivity contribution in [3.8, 4) is 0 Å². The molecule has 0 spiro atoms. The molecule has 3 heterocycles. The third-order valence-electron chi connectivity index (χ3n) is 5.77. The number of nitrogens with zero attached hydrogens (tertiary/aromatic N) is 3. The van der Waals surface area contributed by atoms with Gasteiger partial charge in [0.05, 0.1) is 6.04 Å². The SMILES string of the molecule is CC(C)CCN1CCC(CNC(=O)c2ccn(C3CCCNC3)n2)CC1.Cl. The third kappa shape index (κ3) is 6.77. The molecule has 2 aliphatic rings. The molecule has 154 valence electrons. The number of nitrogens with one attached hydrogen (secondary N) is 2. The first kappa shape index (κ1) is 22.2. The molecule has 0 bridgehead atoms. The number of rotatable bonds is 7. The number of carbonyl (C=O) groups excluding carboxylic acids is 1. The molecular weight excluding hydrogens is 362 g/mol. The first-order chi connectivity index (χ1) is 12.6. The van der Waals surface area contributed by atoms with Crippen LogP contribution in [0.25, 0.3) is 0 Å². The van der Waals surface area contributed by atoms with Crippen molar-refractivity contribution < 1.29 is 4.79 Å². The number of carbonyl (C=O) groups is 1. The monoisotopic (exact) mass is 397 g/mol. The van der Waals surface area contributed by atoms with Crippen LogP contribution in [0, 0.1) is 11.8 Å². The summed E-state index contributed by atoms with van der Waals surface area (Å²) in [6, 6.07) is 2.22. The van der Waals surface area contributed by atoms with Crippen LogP contribution in [0.5, 0.6) is 0 Å². The number of hydrogen-bond acceptors (Lipinski definition) is 4. The topological polar surface area (TPSA) is 62.2 Å². The highest BCUT2D eigenvalue weighted by Gasteiger charge is 2.21. The Morgan fingerprint density at radius 1 is 1.33 bits per heavy atom. The molecule has 2 N–H and O–H groups in total. The van der Waals surface area contributed by atoms with Crippen LogP contribution in [-0.4, -0.2) is 59.9 Å². The molecule has 1 aromatic rings. The standard InChI is InChI=1S/C20H35N5O.ClH/c1-16(2)5-10-24-11-6-17(7-12-24)14-22-20(26)19-8-13-25(23-19)18-4-3-9-21-15-18;/h8,13,16-18,21H,3-7,9-12,14-15H2,1-2H3,(H,22,26);1H. The number of hydrogen-bond donors (Lipinski definition) is 2. The van der Waals surface area contributed by atoms with E-state index in [9.17, 15) is 4.79 Å². The van der Waals surface area contributed by atoms with Crippen molar-refractivity contribution in [3.63, 3.8) is 0 Å². The number of amides is 1. The maximum Gasteiger partial charge on any atom is 0.271 e. The summed E-state index contributed by atoms with van der Waals surface area (Å²) in [5.74, 6) is 1.34. The van der Waals surface area contributed by atoms with Gasteiger partial charge in [0.25, 0.3) is 5.91 Å². The van der Waals surface area contributed by atoms with Crippen molar-refractivity contribution in [1.82, 2.24) is 25.3 Å². The number of halogens is 1. The number of piperidine rings is 2. The summed E-state index contributed by atoms with van der Waals surface area (Å²) in [5, 5.41) is 11.0. The Morgan fingerprint density at radius 2 is 2.11 bits per heavy atom. The van der Waals surface area contributed by atoms with Gasteiger partial charge in [-0.1, -0.05) is 13.8 Å². The van der Waals surface area contributed by atoms with Gasteiger partial charge in [-0.05, 0) is 76.2 Å². The maximum atomic E-state index is 12.4. The first-order valence-electron chi connectivity index (χ1n) is 10.4. The maximum absolute atomic E-state index is 12.4. The van der Waals surface area contributed by atoms with E-state index in [2.05, 4.69) is 34.5 Å². The van der Waals surface area contributed by atoms with E-state index in [1.54, 1.807) is 0 Å². The quantitative estimate of drug-likeness (QED) is 0.742. The molecule has 2 saturated heterocycles. The average Bonchev–Trinajstić information content (AvgIpc) is 3.16. The highest BCUT2D eigenvalue weighted by Crippen LogP contribution is 2.18. The van der Waals surface area contributed by atoms with E-state index in [1.165, 1.54) is 32.2 Å². The smallest absolute Gasteiger partial charge is 0.271 e. The molecule has 27 heavy (non-hydrogen) atoms. The second-order valence-corrected chi connectivity index (χ2v) is 8.36. The summed E-state index contributed by atoms with van der Waals surface area (Å²) >= 11 is 0. The summed E-state index contributed by atoms with van der Waals surface area (Å²) in [6.45, 7) is 10.9. The Bertz CT molecular complexity index is 562. The van der Waals surface area contributed by atoms with Crippen LogP contribution >= 0.6 is 12.4 Å². The van der Waals surface area contributed by atoms with Gasteiger partial charge in [-0.2, -0.15) is 5.10 Å². The lowest BCUT2D eigenvalue weighted by Gasteiger charge is -2.32. The molecule has 7 heteroatoms. The van der Waals surface area contributed by atoms with Gasteiger partial charge in [0, 0.05) is 19.3 Å². The van der Waals surface area contributed by atoms with E-state index >= 15 is 0 Å². The number of aromatic nitrogens is 2. The molecule has 0 saturated carbocycles. The predicted octanol–water partition coefficient (Wildman–Crippen LogP) is 2.72. The summed E-state index contributed by atoms with van der Waals surface area (Å²) in [6.07, 6.45) is 7.88. The molecular formula is C20H36ClN5O. The largest absolute Gasteiger partial charge is 0.350 e. The molecule has 0 radical (unpaired) electrons. The van der Waals surface area contributed by atoms with E-state index in [0.717, 1.165) is 45.1 Å². The van der Waals surface area contributed by atoms with Gasteiger partial charge < -0.3 is 15.5 Å². The van der Waals surface area contributed by atoms with Crippen molar-refractivity contribution in [2.75, 3.05) is 39.3 Å². The van der Waals surface area contributed by atoms with Crippen LogP contribution in [-0.2, 0) is 0 Å². The van der Waals surface area contributed by atoms with Crippen LogP contribution in [0.2, 0.25) is 0 Å². The first-order valence-corrected chi connectivity index (χ1v) is 10.4. The Morgan fingerprint density at radius 3 is 2.78 bits per heavy atom. The molecule has 2 fully saturated rings. The van der Waals surface area contributed by atoms with Crippen LogP contribution in [0.3, 0.4) is 0 Å². The fourth-order valence-electron chi connectivity index (χ4n) is 3.90. The molecule has 3 rings (SSSR count). The van der Waals surface area contributed by atoms with Crippen molar-refractivity contribution in [2.24, 2.45) is 11.8 Å². The lowest BCUT2D eigenvalue weighted by Crippen LogP contribution is -2.39. The van der Waals surface area contributed by atoms with Gasteiger partial charge >= 0.3 is 0 Å². The van der Waals surface area contributed by atoms with Gasteiger partial charge in [-0.15, -0.1) is 12.4 Å². The second-order valence-electron chi connectivity index (χ2n) is 8.36.